The standard InChI is InChI=1S/C27H29N3O5/c1-29(2)26-19(15-21-22(33-4)12-13-23(34-5)25(21)28-26)17-30(27(31)24-7-6-14-35-24)16-18-8-10-20(32-3)11-9-18/h6-15H,16-17H2,1-5H3. The highest BCUT2D eigenvalue weighted by atomic mass is 16.5. The zero-order valence-corrected chi connectivity index (χ0v) is 20.6. The largest absolute Gasteiger partial charge is 0.497 e. The maximum atomic E-state index is 13.4. The Kier molecular flexibility index (Phi) is 7.10. The molecule has 0 unspecified atom stereocenters. The monoisotopic (exact) mass is 475 g/mol. The molecule has 0 N–H and O–H groups in total. The molecule has 0 saturated carbocycles. The van der Waals surface area contributed by atoms with Crippen LogP contribution in [-0.2, 0) is 13.1 Å². The number of hydrogen-bond acceptors (Lipinski definition) is 7. The van der Waals surface area contributed by atoms with Crippen molar-refractivity contribution in [3.05, 3.63) is 77.7 Å². The second kappa shape index (κ2) is 10.4. The summed E-state index contributed by atoms with van der Waals surface area (Å²) in [6.07, 6.45) is 1.50. The molecule has 0 aliphatic heterocycles. The zero-order valence-electron chi connectivity index (χ0n) is 20.6. The molecule has 0 aliphatic rings. The molecule has 2 aromatic heterocycles. The minimum atomic E-state index is -0.215. The van der Waals surface area contributed by atoms with E-state index in [0.717, 1.165) is 28.1 Å². The number of carbonyl (C=O) groups is 1. The number of anilines is 1. The van der Waals surface area contributed by atoms with Crippen LogP contribution in [0.25, 0.3) is 10.9 Å². The van der Waals surface area contributed by atoms with E-state index in [4.69, 9.17) is 23.6 Å². The number of ether oxygens (including phenoxy) is 3. The van der Waals surface area contributed by atoms with E-state index in [1.165, 1.54) is 6.26 Å². The molecule has 4 aromatic rings. The van der Waals surface area contributed by atoms with Crippen molar-refractivity contribution in [1.29, 1.82) is 0 Å². The summed E-state index contributed by atoms with van der Waals surface area (Å²) < 4.78 is 21.8. The highest BCUT2D eigenvalue weighted by Crippen LogP contribution is 2.35. The van der Waals surface area contributed by atoms with Crippen molar-refractivity contribution in [2.24, 2.45) is 0 Å². The van der Waals surface area contributed by atoms with Crippen LogP contribution in [0, 0.1) is 0 Å². The van der Waals surface area contributed by atoms with Crippen molar-refractivity contribution in [2.45, 2.75) is 13.1 Å². The summed E-state index contributed by atoms with van der Waals surface area (Å²) in [6, 6.07) is 16.7. The van der Waals surface area contributed by atoms with E-state index in [1.807, 2.05) is 61.5 Å². The number of aromatic nitrogens is 1. The molecule has 1 amide bonds. The fourth-order valence-electron chi connectivity index (χ4n) is 4.00. The fourth-order valence-corrected chi connectivity index (χ4v) is 4.00. The molecular formula is C27H29N3O5. The molecule has 182 valence electrons. The number of amides is 1. The topological polar surface area (TPSA) is 77.3 Å². The van der Waals surface area contributed by atoms with Gasteiger partial charge in [0.2, 0.25) is 0 Å². The van der Waals surface area contributed by atoms with Crippen molar-refractivity contribution in [2.75, 3.05) is 40.3 Å². The van der Waals surface area contributed by atoms with Gasteiger partial charge in [0.1, 0.15) is 28.6 Å². The lowest BCUT2D eigenvalue weighted by Gasteiger charge is -2.25. The number of furan rings is 1. The summed E-state index contributed by atoms with van der Waals surface area (Å²) in [5.74, 6) is 2.88. The van der Waals surface area contributed by atoms with Crippen molar-refractivity contribution >= 4 is 22.6 Å². The predicted octanol–water partition coefficient (Wildman–Crippen LogP) is 4.76. The van der Waals surface area contributed by atoms with Gasteiger partial charge in [0.05, 0.1) is 34.1 Å². The van der Waals surface area contributed by atoms with Crippen LogP contribution in [0.5, 0.6) is 17.2 Å². The molecule has 8 heteroatoms. The molecule has 0 atom stereocenters. The average molecular weight is 476 g/mol. The van der Waals surface area contributed by atoms with Gasteiger partial charge in [-0.25, -0.2) is 4.98 Å². The van der Waals surface area contributed by atoms with Crippen LogP contribution in [0.2, 0.25) is 0 Å². The molecule has 2 aromatic carbocycles. The number of rotatable bonds is 9. The van der Waals surface area contributed by atoms with Gasteiger partial charge in [0.15, 0.2) is 5.76 Å². The van der Waals surface area contributed by atoms with Crippen molar-refractivity contribution < 1.29 is 23.4 Å². The van der Waals surface area contributed by atoms with Crippen LogP contribution >= 0.6 is 0 Å². The lowest BCUT2D eigenvalue weighted by atomic mass is 10.1. The highest BCUT2D eigenvalue weighted by molar-refractivity contribution is 5.93. The van der Waals surface area contributed by atoms with Crippen LogP contribution in [0.3, 0.4) is 0 Å². The van der Waals surface area contributed by atoms with E-state index in [2.05, 4.69) is 0 Å². The number of nitrogens with zero attached hydrogens (tertiary/aromatic N) is 3. The summed E-state index contributed by atoms with van der Waals surface area (Å²) in [5.41, 5.74) is 2.52. The first-order valence-corrected chi connectivity index (χ1v) is 11.1. The summed E-state index contributed by atoms with van der Waals surface area (Å²) in [4.78, 5) is 22.0. The molecule has 35 heavy (non-hydrogen) atoms. The average Bonchev–Trinajstić information content (AvgIpc) is 3.42. The third-order valence-electron chi connectivity index (χ3n) is 5.74. The van der Waals surface area contributed by atoms with Crippen LogP contribution < -0.4 is 19.1 Å². The number of benzene rings is 2. The van der Waals surface area contributed by atoms with Crippen LogP contribution in [0.15, 0.2) is 65.3 Å². The summed E-state index contributed by atoms with van der Waals surface area (Å²) in [7, 11) is 8.71. The fraction of sp³-hybridized carbons (Fsp3) is 0.259. The number of carbonyl (C=O) groups excluding carboxylic acids is 1. The van der Waals surface area contributed by atoms with Gasteiger partial charge in [-0.05, 0) is 48.0 Å². The van der Waals surface area contributed by atoms with E-state index < -0.39 is 0 Å². The molecule has 0 bridgehead atoms. The molecule has 0 aliphatic carbocycles. The Balaban J connectivity index is 1.79. The molecule has 4 rings (SSSR count). The molecular weight excluding hydrogens is 446 g/mol. The SMILES string of the molecule is COc1ccc(CN(Cc2cc3c(OC)ccc(OC)c3nc2N(C)C)C(=O)c2ccco2)cc1. The van der Waals surface area contributed by atoms with Gasteiger partial charge < -0.3 is 28.4 Å². The second-order valence-corrected chi connectivity index (χ2v) is 8.22. The Labute approximate surface area is 204 Å². The minimum Gasteiger partial charge on any atom is -0.497 e. The van der Waals surface area contributed by atoms with Crippen molar-refractivity contribution in [3.63, 3.8) is 0 Å². The first-order valence-electron chi connectivity index (χ1n) is 11.1. The first-order chi connectivity index (χ1) is 16.9. The zero-order chi connectivity index (χ0) is 24.9. The number of pyridine rings is 1. The van der Waals surface area contributed by atoms with E-state index in [-0.39, 0.29) is 11.7 Å². The van der Waals surface area contributed by atoms with Gasteiger partial charge in [0.25, 0.3) is 5.91 Å². The summed E-state index contributed by atoms with van der Waals surface area (Å²) in [6.45, 7) is 0.687. The second-order valence-electron chi connectivity index (χ2n) is 8.22. The lowest BCUT2D eigenvalue weighted by Crippen LogP contribution is -2.30. The number of hydrogen-bond donors (Lipinski definition) is 0. The normalized spacial score (nSPS) is 10.8. The van der Waals surface area contributed by atoms with E-state index >= 15 is 0 Å². The quantitative estimate of drug-likeness (QED) is 0.345. The Morgan fingerprint density at radius 2 is 1.63 bits per heavy atom. The van der Waals surface area contributed by atoms with Crippen LogP contribution in [0.1, 0.15) is 21.7 Å². The molecule has 0 radical (unpaired) electrons. The van der Waals surface area contributed by atoms with Gasteiger partial charge in [0, 0.05) is 31.6 Å². The maximum Gasteiger partial charge on any atom is 0.290 e. The van der Waals surface area contributed by atoms with Crippen molar-refractivity contribution in [3.8, 4) is 17.2 Å². The van der Waals surface area contributed by atoms with E-state index in [0.29, 0.717) is 30.1 Å². The Hall–Kier alpha value is -4.20. The van der Waals surface area contributed by atoms with E-state index in [1.54, 1.807) is 38.4 Å². The maximum absolute atomic E-state index is 13.4. The van der Waals surface area contributed by atoms with E-state index in [9.17, 15) is 4.79 Å². The Bertz CT molecular complexity index is 1300. The lowest BCUT2D eigenvalue weighted by molar-refractivity contribution is 0.0697. The van der Waals surface area contributed by atoms with Gasteiger partial charge in [-0.2, -0.15) is 0 Å². The Morgan fingerprint density at radius 1 is 0.914 bits per heavy atom. The summed E-state index contributed by atoms with van der Waals surface area (Å²) in [5, 5.41) is 0.808. The Morgan fingerprint density at radius 3 is 2.23 bits per heavy atom. The van der Waals surface area contributed by atoms with Gasteiger partial charge in [-0.3, -0.25) is 4.79 Å². The first kappa shape index (κ1) is 23.9. The summed E-state index contributed by atoms with van der Waals surface area (Å²) >= 11 is 0. The molecule has 0 saturated heterocycles. The van der Waals surface area contributed by atoms with Crippen LogP contribution in [-0.4, -0.2) is 51.2 Å². The van der Waals surface area contributed by atoms with Gasteiger partial charge in [-0.1, -0.05) is 12.1 Å². The molecule has 0 spiro atoms. The molecule has 8 nitrogen and oxygen atoms in total. The van der Waals surface area contributed by atoms with Crippen molar-refractivity contribution in [1.82, 2.24) is 9.88 Å². The smallest absolute Gasteiger partial charge is 0.290 e. The van der Waals surface area contributed by atoms with Gasteiger partial charge >= 0.3 is 0 Å². The molecule has 0 fully saturated rings. The minimum absolute atomic E-state index is 0.215. The van der Waals surface area contributed by atoms with Crippen LogP contribution in [0.4, 0.5) is 5.82 Å². The van der Waals surface area contributed by atoms with Gasteiger partial charge in [-0.15, -0.1) is 0 Å². The third-order valence-corrected chi connectivity index (χ3v) is 5.74. The highest BCUT2D eigenvalue weighted by Gasteiger charge is 2.23. The number of methoxy groups -OCH3 is 3. The number of fused-ring (bicyclic) bond motifs is 1. The predicted molar refractivity (Wildman–Crippen MR) is 134 cm³/mol. The third kappa shape index (κ3) is 5.01. The molecule has 2 heterocycles.